The third kappa shape index (κ3) is 4.62. The van der Waals surface area contributed by atoms with Gasteiger partial charge in [-0.05, 0) is 18.2 Å². The van der Waals surface area contributed by atoms with Crippen LogP contribution in [0.15, 0.2) is 23.1 Å². The summed E-state index contributed by atoms with van der Waals surface area (Å²) in [6.45, 7) is 5.01. The Labute approximate surface area is 93.3 Å². The number of hydrogen-bond acceptors (Lipinski definition) is 2. The highest BCUT2D eigenvalue weighted by atomic mass is 32.2. The molecule has 15 heavy (non-hydrogen) atoms. The van der Waals surface area contributed by atoms with Crippen LogP contribution in [0.5, 0.6) is 0 Å². The molecule has 1 nitrogen and oxygen atoms in total. The van der Waals surface area contributed by atoms with E-state index >= 15 is 0 Å². The van der Waals surface area contributed by atoms with Crippen molar-refractivity contribution in [2.75, 3.05) is 12.3 Å². The average molecular weight is 231 g/mol. The van der Waals surface area contributed by atoms with Crippen molar-refractivity contribution >= 4 is 11.8 Å². The molecule has 0 radical (unpaired) electrons. The van der Waals surface area contributed by atoms with Crippen molar-refractivity contribution in [1.29, 1.82) is 0 Å². The van der Waals surface area contributed by atoms with Crippen molar-refractivity contribution < 1.29 is 8.78 Å². The number of halogens is 2. The second kappa shape index (κ2) is 6.08. The van der Waals surface area contributed by atoms with Gasteiger partial charge in [0.15, 0.2) is 11.6 Å². The quantitative estimate of drug-likeness (QED) is 0.617. The van der Waals surface area contributed by atoms with Gasteiger partial charge < -0.3 is 5.32 Å². The van der Waals surface area contributed by atoms with Crippen molar-refractivity contribution in [1.82, 2.24) is 5.32 Å². The standard InChI is InChI=1S/C11H15F2NS/c1-8(2)14-5-6-15-9-3-4-10(12)11(13)7-9/h3-4,7-8,14H,5-6H2,1-2H3. The summed E-state index contributed by atoms with van der Waals surface area (Å²) in [7, 11) is 0. The second-order valence-corrected chi connectivity index (χ2v) is 4.70. The molecule has 1 aromatic rings. The first kappa shape index (κ1) is 12.5. The third-order valence-corrected chi connectivity index (χ3v) is 2.81. The van der Waals surface area contributed by atoms with E-state index < -0.39 is 11.6 Å². The zero-order chi connectivity index (χ0) is 11.3. The zero-order valence-corrected chi connectivity index (χ0v) is 9.70. The Kier molecular flexibility index (Phi) is 5.05. The fourth-order valence-electron chi connectivity index (χ4n) is 1.08. The first-order chi connectivity index (χ1) is 7.09. The number of rotatable bonds is 5. The van der Waals surface area contributed by atoms with Gasteiger partial charge in [-0.3, -0.25) is 0 Å². The van der Waals surface area contributed by atoms with Crippen LogP contribution in [0.2, 0.25) is 0 Å². The molecule has 1 rings (SSSR count). The molecule has 0 unspecified atom stereocenters. The molecule has 1 N–H and O–H groups in total. The maximum absolute atomic E-state index is 12.8. The molecule has 4 heteroatoms. The first-order valence-electron chi connectivity index (χ1n) is 4.91. The third-order valence-electron chi connectivity index (χ3n) is 1.81. The van der Waals surface area contributed by atoms with Gasteiger partial charge in [-0.15, -0.1) is 11.8 Å². The van der Waals surface area contributed by atoms with Crippen molar-refractivity contribution in [3.05, 3.63) is 29.8 Å². The average Bonchev–Trinajstić information content (AvgIpc) is 2.18. The van der Waals surface area contributed by atoms with E-state index in [1.54, 1.807) is 6.07 Å². The fraction of sp³-hybridized carbons (Fsp3) is 0.455. The Hall–Kier alpha value is -0.610. The molecule has 0 aliphatic carbocycles. The number of benzene rings is 1. The van der Waals surface area contributed by atoms with Gasteiger partial charge in [0.1, 0.15) is 0 Å². The molecule has 0 saturated heterocycles. The summed E-state index contributed by atoms with van der Waals surface area (Å²) in [5, 5.41) is 3.25. The lowest BCUT2D eigenvalue weighted by molar-refractivity contribution is 0.506. The maximum Gasteiger partial charge on any atom is 0.159 e. The molecule has 84 valence electrons. The van der Waals surface area contributed by atoms with Crippen LogP contribution < -0.4 is 5.32 Å². The minimum absolute atomic E-state index is 0.454. The summed E-state index contributed by atoms with van der Waals surface area (Å²) in [6.07, 6.45) is 0. The van der Waals surface area contributed by atoms with E-state index in [9.17, 15) is 8.78 Å². The highest BCUT2D eigenvalue weighted by molar-refractivity contribution is 7.99. The van der Waals surface area contributed by atoms with E-state index in [-0.39, 0.29) is 0 Å². The number of hydrogen-bond donors (Lipinski definition) is 1. The Balaban J connectivity index is 2.35. The molecule has 1 aromatic carbocycles. The molecule has 0 aliphatic heterocycles. The summed E-state index contributed by atoms with van der Waals surface area (Å²) >= 11 is 1.52. The Bertz CT molecular complexity index is 315. The molecule has 0 saturated carbocycles. The van der Waals surface area contributed by atoms with E-state index in [1.165, 1.54) is 17.8 Å². The second-order valence-electron chi connectivity index (χ2n) is 3.53. The lowest BCUT2D eigenvalue weighted by Gasteiger charge is -2.07. The molecule has 0 heterocycles. The van der Waals surface area contributed by atoms with Crippen LogP contribution in [0.1, 0.15) is 13.8 Å². The van der Waals surface area contributed by atoms with Gasteiger partial charge in [0.05, 0.1) is 0 Å². The van der Waals surface area contributed by atoms with Crippen LogP contribution in [0.3, 0.4) is 0 Å². The highest BCUT2D eigenvalue weighted by Crippen LogP contribution is 2.19. The van der Waals surface area contributed by atoms with Crippen molar-refractivity contribution in [3.63, 3.8) is 0 Å². The molecule has 0 aromatic heterocycles. The topological polar surface area (TPSA) is 12.0 Å². The van der Waals surface area contributed by atoms with Crippen molar-refractivity contribution in [2.24, 2.45) is 0 Å². The predicted octanol–water partition coefficient (Wildman–Crippen LogP) is 3.05. The summed E-state index contributed by atoms with van der Waals surface area (Å²) in [6, 6.07) is 4.44. The van der Waals surface area contributed by atoms with Crippen LogP contribution in [-0.2, 0) is 0 Å². The predicted molar refractivity (Wildman–Crippen MR) is 60.2 cm³/mol. The summed E-state index contributed by atoms with van der Waals surface area (Å²) < 4.78 is 25.4. The van der Waals surface area contributed by atoms with Gasteiger partial charge in [0.2, 0.25) is 0 Å². The Morgan fingerprint density at radius 3 is 2.60 bits per heavy atom. The summed E-state index contributed by atoms with van der Waals surface area (Å²) in [4.78, 5) is 0.763. The lowest BCUT2D eigenvalue weighted by atomic mass is 10.3. The van der Waals surface area contributed by atoms with Crippen LogP contribution in [0.25, 0.3) is 0 Å². The minimum Gasteiger partial charge on any atom is -0.314 e. The van der Waals surface area contributed by atoms with Gasteiger partial charge in [0.25, 0.3) is 0 Å². The van der Waals surface area contributed by atoms with Crippen LogP contribution in [0, 0.1) is 11.6 Å². The number of nitrogens with one attached hydrogen (secondary N) is 1. The highest BCUT2D eigenvalue weighted by Gasteiger charge is 2.02. The van der Waals surface area contributed by atoms with Gasteiger partial charge in [-0.25, -0.2) is 8.78 Å². The van der Waals surface area contributed by atoms with E-state index in [4.69, 9.17) is 0 Å². The van der Waals surface area contributed by atoms with Gasteiger partial charge >= 0.3 is 0 Å². The molecule has 0 amide bonds. The van der Waals surface area contributed by atoms with E-state index in [0.717, 1.165) is 23.3 Å². The minimum atomic E-state index is -0.792. The monoisotopic (exact) mass is 231 g/mol. The van der Waals surface area contributed by atoms with Crippen LogP contribution in [0.4, 0.5) is 8.78 Å². The molecular formula is C11H15F2NS. The molecule has 0 aliphatic rings. The smallest absolute Gasteiger partial charge is 0.159 e. The SMILES string of the molecule is CC(C)NCCSc1ccc(F)c(F)c1. The van der Waals surface area contributed by atoms with Gasteiger partial charge in [-0.1, -0.05) is 13.8 Å². The van der Waals surface area contributed by atoms with E-state index in [2.05, 4.69) is 19.2 Å². The van der Waals surface area contributed by atoms with Crippen LogP contribution in [-0.4, -0.2) is 18.3 Å². The maximum atomic E-state index is 12.8. The van der Waals surface area contributed by atoms with E-state index in [1.807, 2.05) is 0 Å². The summed E-state index contributed by atoms with van der Waals surface area (Å²) in [5.41, 5.74) is 0. The molecule has 0 spiro atoms. The van der Waals surface area contributed by atoms with Crippen molar-refractivity contribution in [2.45, 2.75) is 24.8 Å². The van der Waals surface area contributed by atoms with Gasteiger partial charge in [-0.2, -0.15) is 0 Å². The molecule has 0 atom stereocenters. The number of thioether (sulfide) groups is 1. The Morgan fingerprint density at radius 1 is 1.27 bits per heavy atom. The largest absolute Gasteiger partial charge is 0.314 e. The van der Waals surface area contributed by atoms with E-state index in [0.29, 0.717) is 6.04 Å². The normalized spacial score (nSPS) is 11.0. The first-order valence-corrected chi connectivity index (χ1v) is 5.89. The summed E-state index contributed by atoms with van der Waals surface area (Å²) in [5.74, 6) is -0.722. The lowest BCUT2D eigenvalue weighted by Crippen LogP contribution is -2.24. The molecular weight excluding hydrogens is 216 g/mol. The zero-order valence-electron chi connectivity index (χ0n) is 8.89. The van der Waals surface area contributed by atoms with Crippen LogP contribution >= 0.6 is 11.8 Å². The van der Waals surface area contributed by atoms with Gasteiger partial charge in [0, 0.05) is 23.2 Å². The molecule has 0 bridgehead atoms. The Morgan fingerprint density at radius 2 is 2.00 bits per heavy atom. The fourth-order valence-corrected chi connectivity index (χ4v) is 1.89. The van der Waals surface area contributed by atoms with Crippen molar-refractivity contribution in [3.8, 4) is 0 Å². The molecule has 0 fully saturated rings.